The summed E-state index contributed by atoms with van der Waals surface area (Å²) in [5, 5.41) is 0. The van der Waals surface area contributed by atoms with Gasteiger partial charge in [-0.15, -0.1) is 11.3 Å². The molecule has 0 aliphatic heterocycles. The topological polar surface area (TPSA) is 61.1 Å². The lowest BCUT2D eigenvalue weighted by molar-refractivity contribution is 0.0974. The number of ketones is 1. The van der Waals surface area contributed by atoms with Gasteiger partial charge in [0.25, 0.3) is 0 Å². The summed E-state index contributed by atoms with van der Waals surface area (Å²) in [6.45, 7) is 1.92. The van der Waals surface area contributed by atoms with E-state index in [2.05, 4.69) is 0 Å². The number of carbonyl (C=O) groups excluding carboxylic acids is 1. The van der Waals surface area contributed by atoms with E-state index < -0.39 is 11.1 Å². The molecule has 6 heteroatoms. The minimum atomic E-state index is -0.675. The van der Waals surface area contributed by atoms with Gasteiger partial charge in [0, 0.05) is 24.3 Å². The molecule has 0 N–H and O–H groups in total. The van der Waals surface area contributed by atoms with Gasteiger partial charge in [-0.25, -0.2) is 0 Å². The summed E-state index contributed by atoms with van der Waals surface area (Å²) in [4.78, 5) is 37.0. The van der Waals surface area contributed by atoms with Gasteiger partial charge in [0.2, 0.25) is 0 Å². The molecule has 0 aliphatic rings. The van der Waals surface area contributed by atoms with Gasteiger partial charge in [0.15, 0.2) is 5.78 Å². The molecule has 2 aromatic heterocycles. The summed E-state index contributed by atoms with van der Waals surface area (Å²) in [6.07, 6.45) is 3.81. The van der Waals surface area contributed by atoms with Crippen molar-refractivity contribution in [2.75, 3.05) is 0 Å². The van der Waals surface area contributed by atoms with E-state index in [9.17, 15) is 14.4 Å². The smallest absolute Gasteiger partial charge is 0.312 e. The largest absolute Gasteiger partial charge is 0.316 e. The van der Waals surface area contributed by atoms with E-state index in [0.29, 0.717) is 4.88 Å². The Morgan fingerprint density at radius 2 is 1.95 bits per heavy atom. The number of rotatable bonds is 4. The molecule has 0 bridgehead atoms. The summed E-state index contributed by atoms with van der Waals surface area (Å²) in [5.41, 5.74) is -1.30. The third kappa shape index (κ3) is 2.73. The van der Waals surface area contributed by atoms with Crippen LogP contribution in [0.1, 0.15) is 21.5 Å². The highest BCUT2D eigenvalue weighted by atomic mass is 32.1. The second-order valence-electron chi connectivity index (χ2n) is 4.19. The highest BCUT2D eigenvalue weighted by molar-refractivity contribution is 7.14. The summed E-state index contributed by atoms with van der Waals surface area (Å²) >= 11 is 1.43. The minimum absolute atomic E-state index is 0.0986. The molecule has 0 amide bonds. The minimum Gasteiger partial charge on any atom is -0.312 e. The number of thiophene rings is 1. The van der Waals surface area contributed by atoms with Crippen LogP contribution in [-0.4, -0.2) is 14.9 Å². The van der Waals surface area contributed by atoms with E-state index in [1.54, 1.807) is 6.07 Å². The standard InChI is InChI=1S/C13H14N2O3S/c1-3-9-4-5-11(19-9)10(16)8-15-7-6-14(2)12(17)13(15)18/h4-7H,3,8H2,1-2H3. The van der Waals surface area contributed by atoms with Crippen molar-refractivity contribution in [1.29, 1.82) is 0 Å². The monoisotopic (exact) mass is 278 g/mol. The van der Waals surface area contributed by atoms with Gasteiger partial charge in [-0.05, 0) is 18.6 Å². The average Bonchev–Trinajstić information content (AvgIpc) is 2.88. The maximum Gasteiger partial charge on any atom is 0.316 e. The van der Waals surface area contributed by atoms with Crippen LogP contribution in [0.2, 0.25) is 0 Å². The van der Waals surface area contributed by atoms with E-state index in [-0.39, 0.29) is 12.3 Å². The molecule has 2 aromatic rings. The zero-order valence-electron chi connectivity index (χ0n) is 10.8. The number of Topliss-reactive ketones (excluding diaryl/α,β-unsaturated/α-hetero) is 1. The van der Waals surface area contributed by atoms with Crippen LogP contribution in [0.4, 0.5) is 0 Å². The quantitative estimate of drug-likeness (QED) is 0.620. The van der Waals surface area contributed by atoms with Crippen LogP contribution in [-0.2, 0) is 20.0 Å². The Labute approximate surface area is 113 Å². The zero-order valence-corrected chi connectivity index (χ0v) is 11.6. The highest BCUT2D eigenvalue weighted by Crippen LogP contribution is 2.17. The second kappa shape index (κ2) is 5.36. The number of hydrogen-bond acceptors (Lipinski definition) is 4. The van der Waals surface area contributed by atoms with Crippen LogP contribution >= 0.6 is 11.3 Å². The molecule has 0 saturated heterocycles. The first kappa shape index (κ1) is 13.5. The molecule has 0 aliphatic carbocycles. The molecule has 0 spiro atoms. The van der Waals surface area contributed by atoms with Crippen molar-refractivity contribution in [1.82, 2.24) is 9.13 Å². The Bertz CT molecular complexity index is 724. The molecule has 2 heterocycles. The molecule has 0 saturated carbocycles. The third-order valence-electron chi connectivity index (χ3n) is 2.83. The van der Waals surface area contributed by atoms with Crippen LogP contribution in [0.5, 0.6) is 0 Å². The number of carbonyl (C=O) groups is 1. The fourth-order valence-electron chi connectivity index (χ4n) is 1.66. The molecule has 2 rings (SSSR count). The summed E-state index contributed by atoms with van der Waals surface area (Å²) < 4.78 is 2.35. The first-order valence-electron chi connectivity index (χ1n) is 5.91. The molecule has 0 aromatic carbocycles. The van der Waals surface area contributed by atoms with Gasteiger partial charge < -0.3 is 9.13 Å². The van der Waals surface area contributed by atoms with Gasteiger partial charge in [-0.3, -0.25) is 14.4 Å². The third-order valence-corrected chi connectivity index (χ3v) is 4.10. The van der Waals surface area contributed by atoms with Crippen molar-refractivity contribution in [2.45, 2.75) is 19.9 Å². The van der Waals surface area contributed by atoms with Crippen LogP contribution in [0, 0.1) is 0 Å². The van der Waals surface area contributed by atoms with E-state index in [1.165, 1.54) is 35.3 Å². The lowest BCUT2D eigenvalue weighted by Crippen LogP contribution is -2.40. The molecule has 0 unspecified atom stereocenters. The molecule has 0 fully saturated rings. The van der Waals surface area contributed by atoms with Crippen LogP contribution < -0.4 is 11.1 Å². The van der Waals surface area contributed by atoms with Crippen LogP contribution in [0.3, 0.4) is 0 Å². The average molecular weight is 278 g/mol. The van der Waals surface area contributed by atoms with Gasteiger partial charge in [-0.1, -0.05) is 6.92 Å². The van der Waals surface area contributed by atoms with Gasteiger partial charge >= 0.3 is 11.1 Å². The van der Waals surface area contributed by atoms with Gasteiger partial charge in [0.1, 0.15) is 0 Å². The van der Waals surface area contributed by atoms with E-state index in [1.807, 2.05) is 13.0 Å². The molecule has 0 radical (unpaired) electrons. The van der Waals surface area contributed by atoms with Crippen LogP contribution in [0.15, 0.2) is 34.1 Å². The van der Waals surface area contributed by atoms with Crippen LogP contribution in [0.25, 0.3) is 0 Å². The zero-order chi connectivity index (χ0) is 14.0. The molecule has 100 valence electrons. The number of hydrogen-bond donors (Lipinski definition) is 0. The number of aryl methyl sites for hydroxylation is 2. The SMILES string of the molecule is CCc1ccc(C(=O)Cn2ccn(C)c(=O)c2=O)s1. The van der Waals surface area contributed by atoms with Crippen molar-refractivity contribution in [2.24, 2.45) is 7.05 Å². The molecule has 0 atom stereocenters. The maximum atomic E-state index is 12.0. The van der Waals surface area contributed by atoms with Crippen molar-refractivity contribution in [3.05, 3.63) is 55.0 Å². The van der Waals surface area contributed by atoms with E-state index in [4.69, 9.17) is 0 Å². The summed E-state index contributed by atoms with van der Waals surface area (Å²) in [6, 6.07) is 3.67. The van der Waals surface area contributed by atoms with Crippen molar-refractivity contribution >= 4 is 17.1 Å². The fourth-order valence-corrected chi connectivity index (χ4v) is 2.54. The molecule has 19 heavy (non-hydrogen) atoms. The van der Waals surface area contributed by atoms with Crippen molar-refractivity contribution in [3.63, 3.8) is 0 Å². The molecule has 5 nitrogen and oxygen atoms in total. The van der Waals surface area contributed by atoms with Crippen molar-refractivity contribution in [3.8, 4) is 0 Å². The molecular weight excluding hydrogens is 264 g/mol. The Morgan fingerprint density at radius 1 is 1.21 bits per heavy atom. The Morgan fingerprint density at radius 3 is 2.58 bits per heavy atom. The van der Waals surface area contributed by atoms with Crippen molar-refractivity contribution < 1.29 is 4.79 Å². The number of aromatic nitrogens is 2. The Kier molecular flexibility index (Phi) is 3.80. The van der Waals surface area contributed by atoms with Gasteiger partial charge in [-0.2, -0.15) is 0 Å². The van der Waals surface area contributed by atoms with E-state index >= 15 is 0 Å². The predicted molar refractivity (Wildman–Crippen MR) is 74.0 cm³/mol. The lowest BCUT2D eigenvalue weighted by Gasteiger charge is -2.04. The summed E-state index contributed by atoms with van der Waals surface area (Å²) in [5.74, 6) is -0.153. The first-order chi connectivity index (χ1) is 9.02. The lowest BCUT2D eigenvalue weighted by atomic mass is 10.3. The van der Waals surface area contributed by atoms with E-state index in [0.717, 1.165) is 15.9 Å². The predicted octanol–water partition coefficient (Wildman–Crippen LogP) is 1.05. The van der Waals surface area contributed by atoms with Gasteiger partial charge in [0.05, 0.1) is 11.4 Å². The first-order valence-corrected chi connectivity index (χ1v) is 6.72. The fraction of sp³-hybridized carbons (Fsp3) is 0.308. The normalized spacial score (nSPS) is 10.6. The Balaban J connectivity index is 2.27. The second-order valence-corrected chi connectivity index (χ2v) is 5.36. The Hall–Kier alpha value is -1.95. The highest BCUT2D eigenvalue weighted by Gasteiger charge is 2.11. The number of nitrogens with zero attached hydrogens (tertiary/aromatic N) is 2. The molecular formula is C13H14N2O3S. The summed E-state index contributed by atoms with van der Waals surface area (Å²) in [7, 11) is 1.50. The maximum absolute atomic E-state index is 12.0.